The summed E-state index contributed by atoms with van der Waals surface area (Å²) in [5.74, 6) is -1.99. The van der Waals surface area contributed by atoms with Crippen LogP contribution < -0.4 is 5.32 Å². The molecule has 9 heteroatoms. The molecule has 9 nitrogen and oxygen atoms in total. The minimum absolute atomic E-state index is 0.0638. The van der Waals surface area contributed by atoms with Crippen molar-refractivity contribution >= 4 is 18.0 Å². The third kappa shape index (κ3) is 4.55. The maximum atomic E-state index is 12.9. The van der Waals surface area contributed by atoms with Crippen molar-refractivity contribution in [1.82, 2.24) is 10.2 Å². The monoisotopic (exact) mass is 454 g/mol. The summed E-state index contributed by atoms with van der Waals surface area (Å²) in [5.41, 5.74) is 4.32. The van der Waals surface area contributed by atoms with Crippen LogP contribution in [0.3, 0.4) is 0 Å². The van der Waals surface area contributed by atoms with E-state index in [2.05, 4.69) is 5.32 Å². The summed E-state index contributed by atoms with van der Waals surface area (Å²) in [6.07, 6.45) is -1.81. The third-order valence-electron chi connectivity index (χ3n) is 6.11. The number of carboxylic acid groups (broad SMARTS) is 1. The minimum atomic E-state index is -1.21. The molecule has 1 aliphatic carbocycles. The molecule has 0 aromatic heterocycles. The highest BCUT2D eigenvalue weighted by Gasteiger charge is 2.41. The van der Waals surface area contributed by atoms with Gasteiger partial charge in [0.05, 0.1) is 12.7 Å². The number of β-amino-alcohol motifs (C(OH)–C–C–N with tert-alkyl or cyclic N) is 1. The average Bonchev–Trinajstić information content (AvgIpc) is 3.35. The van der Waals surface area contributed by atoms with Crippen LogP contribution in [0.4, 0.5) is 4.79 Å². The number of methoxy groups -OCH3 is 1. The van der Waals surface area contributed by atoms with Gasteiger partial charge in [-0.2, -0.15) is 0 Å². The number of carboxylic acids is 1. The lowest BCUT2D eigenvalue weighted by molar-refractivity contribution is -0.149. The molecule has 3 atom stereocenters. The molecule has 2 aliphatic rings. The number of carbonyl (C=O) groups is 3. The van der Waals surface area contributed by atoms with Crippen molar-refractivity contribution < 1.29 is 34.1 Å². The molecule has 1 saturated heterocycles. The second-order valence-electron chi connectivity index (χ2n) is 8.21. The highest BCUT2D eigenvalue weighted by Crippen LogP contribution is 2.44. The summed E-state index contributed by atoms with van der Waals surface area (Å²) in [6, 6.07) is 13.6. The van der Waals surface area contributed by atoms with E-state index in [1.54, 1.807) is 0 Å². The molecule has 4 rings (SSSR count). The molecule has 0 saturated carbocycles. The zero-order valence-electron chi connectivity index (χ0n) is 18.1. The van der Waals surface area contributed by atoms with Gasteiger partial charge in [-0.15, -0.1) is 0 Å². The van der Waals surface area contributed by atoms with E-state index in [0.717, 1.165) is 27.2 Å². The smallest absolute Gasteiger partial charge is 0.407 e. The van der Waals surface area contributed by atoms with Gasteiger partial charge in [0.25, 0.3) is 0 Å². The second-order valence-corrected chi connectivity index (χ2v) is 8.21. The number of aliphatic hydroxyl groups excluding tert-OH is 1. The summed E-state index contributed by atoms with van der Waals surface area (Å²) in [7, 11) is 1.37. The first kappa shape index (κ1) is 22.8. The standard InChI is InChI=1S/C24H26N2O7/c1-32-13-20(22(28)26-11-14(27)10-21(26)23(29)30)25-24(31)33-12-19-17-8-4-2-6-15(17)16-7-3-5-9-18(16)19/h2-9,14,19-21,27H,10-13H2,1H3,(H,25,31)(H,29,30)/t14?,20?,21-/m0/s1. The average molecular weight is 454 g/mol. The number of hydrogen-bond acceptors (Lipinski definition) is 6. The molecule has 2 amide bonds. The van der Waals surface area contributed by atoms with Crippen LogP contribution in [0.25, 0.3) is 11.1 Å². The SMILES string of the molecule is COCC(NC(=O)OCC1c2ccccc2-c2ccccc21)C(=O)N1CC(O)C[C@H]1C(=O)O. The van der Waals surface area contributed by atoms with E-state index in [1.807, 2.05) is 48.5 Å². The van der Waals surface area contributed by atoms with Gasteiger partial charge in [0.1, 0.15) is 18.7 Å². The van der Waals surface area contributed by atoms with E-state index in [9.17, 15) is 24.6 Å². The fourth-order valence-corrected chi connectivity index (χ4v) is 4.62. The van der Waals surface area contributed by atoms with Crippen LogP contribution in [0, 0.1) is 0 Å². The van der Waals surface area contributed by atoms with E-state index in [4.69, 9.17) is 9.47 Å². The number of aliphatic carboxylic acids is 1. The summed E-state index contributed by atoms with van der Waals surface area (Å²) < 4.78 is 10.5. The quantitative estimate of drug-likeness (QED) is 0.580. The van der Waals surface area contributed by atoms with Gasteiger partial charge in [0, 0.05) is 26.0 Å². The predicted octanol–water partition coefficient (Wildman–Crippen LogP) is 1.59. The maximum Gasteiger partial charge on any atom is 0.407 e. The summed E-state index contributed by atoms with van der Waals surface area (Å²) in [6.45, 7) is -0.210. The van der Waals surface area contributed by atoms with E-state index in [-0.39, 0.29) is 32.1 Å². The lowest BCUT2D eigenvalue weighted by Crippen LogP contribution is -2.53. The van der Waals surface area contributed by atoms with E-state index >= 15 is 0 Å². The third-order valence-corrected chi connectivity index (χ3v) is 6.11. The van der Waals surface area contributed by atoms with Crippen molar-refractivity contribution in [2.75, 3.05) is 26.9 Å². The molecule has 33 heavy (non-hydrogen) atoms. The van der Waals surface area contributed by atoms with Gasteiger partial charge in [0.2, 0.25) is 5.91 Å². The Kier molecular flexibility index (Phi) is 6.62. The van der Waals surface area contributed by atoms with Crippen LogP contribution in [0.15, 0.2) is 48.5 Å². The van der Waals surface area contributed by atoms with Crippen LogP contribution in [-0.4, -0.2) is 78.1 Å². The number of nitrogens with zero attached hydrogens (tertiary/aromatic N) is 1. The maximum absolute atomic E-state index is 12.9. The molecule has 0 bridgehead atoms. The van der Waals surface area contributed by atoms with Crippen molar-refractivity contribution in [3.63, 3.8) is 0 Å². The van der Waals surface area contributed by atoms with E-state index in [0.29, 0.717) is 0 Å². The van der Waals surface area contributed by atoms with Crippen LogP contribution in [0.1, 0.15) is 23.5 Å². The normalized spacial score (nSPS) is 20.1. The zero-order chi connectivity index (χ0) is 23.5. The Bertz CT molecular complexity index is 1010. The Morgan fingerprint density at radius 2 is 1.70 bits per heavy atom. The number of hydrogen-bond donors (Lipinski definition) is 3. The molecule has 2 unspecified atom stereocenters. The van der Waals surface area contributed by atoms with Gasteiger partial charge in [-0.1, -0.05) is 48.5 Å². The van der Waals surface area contributed by atoms with Gasteiger partial charge in [-0.25, -0.2) is 9.59 Å². The fraction of sp³-hybridized carbons (Fsp3) is 0.375. The molecule has 0 radical (unpaired) electrons. The van der Waals surface area contributed by atoms with Gasteiger partial charge in [-0.05, 0) is 22.3 Å². The number of carbonyl (C=O) groups excluding carboxylic acids is 2. The number of fused-ring (bicyclic) bond motifs is 3. The van der Waals surface area contributed by atoms with Crippen molar-refractivity contribution in [2.24, 2.45) is 0 Å². The lowest BCUT2D eigenvalue weighted by Gasteiger charge is -2.26. The minimum Gasteiger partial charge on any atom is -0.480 e. The Hall–Kier alpha value is -3.43. The van der Waals surface area contributed by atoms with Crippen LogP contribution in [0.5, 0.6) is 0 Å². The Balaban J connectivity index is 1.43. The number of likely N-dealkylation sites (tertiary alicyclic amines) is 1. The number of benzene rings is 2. The first-order valence-corrected chi connectivity index (χ1v) is 10.7. The molecule has 1 fully saturated rings. The lowest BCUT2D eigenvalue weighted by atomic mass is 9.98. The number of alkyl carbamates (subject to hydrolysis) is 1. The first-order valence-electron chi connectivity index (χ1n) is 10.7. The first-order chi connectivity index (χ1) is 15.9. The van der Waals surface area contributed by atoms with E-state index in [1.165, 1.54) is 7.11 Å². The molecular formula is C24H26N2O7. The molecule has 0 spiro atoms. The Morgan fingerprint density at radius 1 is 1.09 bits per heavy atom. The summed E-state index contributed by atoms with van der Waals surface area (Å²) >= 11 is 0. The van der Waals surface area contributed by atoms with Crippen LogP contribution in [-0.2, 0) is 19.1 Å². The number of nitrogens with one attached hydrogen (secondary N) is 1. The largest absolute Gasteiger partial charge is 0.480 e. The molecule has 2 aromatic carbocycles. The highest BCUT2D eigenvalue weighted by molar-refractivity contribution is 5.90. The molecule has 2 aromatic rings. The van der Waals surface area contributed by atoms with Gasteiger partial charge in [-0.3, -0.25) is 4.79 Å². The predicted molar refractivity (Wildman–Crippen MR) is 118 cm³/mol. The number of ether oxygens (including phenoxy) is 2. The summed E-state index contributed by atoms with van der Waals surface area (Å²) in [5, 5.41) is 21.7. The van der Waals surface area contributed by atoms with E-state index < -0.39 is 36.2 Å². The highest BCUT2D eigenvalue weighted by atomic mass is 16.5. The Morgan fingerprint density at radius 3 is 2.27 bits per heavy atom. The zero-order valence-corrected chi connectivity index (χ0v) is 18.1. The van der Waals surface area contributed by atoms with Crippen molar-refractivity contribution in [1.29, 1.82) is 0 Å². The molecule has 174 valence electrons. The number of amides is 2. The van der Waals surface area contributed by atoms with Gasteiger partial charge < -0.3 is 29.9 Å². The van der Waals surface area contributed by atoms with Crippen LogP contribution >= 0.6 is 0 Å². The molecular weight excluding hydrogens is 428 g/mol. The number of aliphatic hydroxyl groups is 1. The molecule has 1 heterocycles. The van der Waals surface area contributed by atoms with Gasteiger partial charge in [0.15, 0.2) is 0 Å². The van der Waals surface area contributed by atoms with Gasteiger partial charge >= 0.3 is 12.1 Å². The van der Waals surface area contributed by atoms with Crippen LogP contribution in [0.2, 0.25) is 0 Å². The van der Waals surface area contributed by atoms with Crippen molar-refractivity contribution in [2.45, 2.75) is 30.5 Å². The van der Waals surface area contributed by atoms with Crippen molar-refractivity contribution in [3.05, 3.63) is 59.7 Å². The fourth-order valence-electron chi connectivity index (χ4n) is 4.62. The van der Waals surface area contributed by atoms with Crippen molar-refractivity contribution in [3.8, 4) is 11.1 Å². The molecule has 1 aliphatic heterocycles. The second kappa shape index (κ2) is 9.60. The topological polar surface area (TPSA) is 125 Å². The molecule has 3 N–H and O–H groups in total. The summed E-state index contributed by atoms with van der Waals surface area (Å²) in [4.78, 5) is 38.0. The Labute approximate surface area is 190 Å². The number of rotatable bonds is 7.